The highest BCUT2D eigenvalue weighted by Gasteiger charge is 2.51. The van der Waals surface area contributed by atoms with Gasteiger partial charge in [0, 0.05) is 18.1 Å². The van der Waals surface area contributed by atoms with Crippen molar-refractivity contribution in [3.05, 3.63) is 59.1 Å². The fraction of sp³-hybridized carbons (Fsp3) is 0.375. The topological polar surface area (TPSA) is 81.8 Å². The quantitative estimate of drug-likeness (QED) is 0.643. The summed E-state index contributed by atoms with van der Waals surface area (Å²) in [5.74, 6) is -0.873. The fourth-order valence-corrected chi connectivity index (χ4v) is 4.66. The summed E-state index contributed by atoms with van der Waals surface area (Å²) in [6, 6.07) is 13.9. The first-order chi connectivity index (χ1) is 15.4. The molecule has 2 aliphatic rings. The molecular formula is C24H27ClN4O3. The zero-order valence-electron chi connectivity index (χ0n) is 18.1. The molecule has 4 amide bonds. The average Bonchev–Trinajstić information content (AvgIpc) is 3.05. The highest BCUT2D eigenvalue weighted by atomic mass is 35.5. The van der Waals surface area contributed by atoms with Crippen LogP contribution in [0.2, 0.25) is 5.02 Å². The van der Waals surface area contributed by atoms with Crippen molar-refractivity contribution in [3.63, 3.8) is 0 Å². The molecule has 0 saturated carbocycles. The number of anilines is 2. The van der Waals surface area contributed by atoms with E-state index in [1.807, 2.05) is 43.3 Å². The number of halogens is 1. The van der Waals surface area contributed by atoms with Gasteiger partial charge >= 0.3 is 6.03 Å². The molecule has 4 rings (SSSR count). The second-order valence-corrected chi connectivity index (χ2v) is 8.64. The minimum atomic E-state index is -1.16. The van der Waals surface area contributed by atoms with Crippen molar-refractivity contribution in [1.82, 2.24) is 10.2 Å². The van der Waals surface area contributed by atoms with E-state index in [0.29, 0.717) is 22.7 Å². The van der Waals surface area contributed by atoms with Crippen LogP contribution >= 0.6 is 11.6 Å². The van der Waals surface area contributed by atoms with Crippen molar-refractivity contribution in [2.45, 2.75) is 38.1 Å². The highest BCUT2D eigenvalue weighted by molar-refractivity contribution is 6.31. The van der Waals surface area contributed by atoms with Gasteiger partial charge in [-0.15, -0.1) is 0 Å². The van der Waals surface area contributed by atoms with E-state index in [4.69, 9.17) is 11.6 Å². The van der Waals surface area contributed by atoms with E-state index in [2.05, 4.69) is 15.5 Å². The van der Waals surface area contributed by atoms with Crippen molar-refractivity contribution < 1.29 is 14.4 Å². The molecule has 2 saturated heterocycles. The minimum Gasteiger partial charge on any atom is -0.370 e. The van der Waals surface area contributed by atoms with Gasteiger partial charge in [0.05, 0.1) is 11.4 Å². The zero-order chi connectivity index (χ0) is 22.7. The molecule has 0 bridgehead atoms. The number of hydrogen-bond donors (Lipinski definition) is 2. The van der Waals surface area contributed by atoms with Crippen molar-refractivity contribution in [1.29, 1.82) is 0 Å². The molecule has 0 unspecified atom stereocenters. The average molecular weight is 455 g/mol. The molecule has 0 radical (unpaired) electrons. The van der Waals surface area contributed by atoms with Gasteiger partial charge in [-0.2, -0.15) is 0 Å². The number of rotatable bonds is 6. The lowest BCUT2D eigenvalue weighted by Crippen LogP contribution is -2.44. The second-order valence-electron chi connectivity index (χ2n) is 8.20. The first kappa shape index (κ1) is 22.1. The maximum atomic E-state index is 13.3. The van der Waals surface area contributed by atoms with Crippen LogP contribution in [0.25, 0.3) is 0 Å². The third kappa shape index (κ3) is 4.17. The molecule has 0 aliphatic carbocycles. The van der Waals surface area contributed by atoms with Gasteiger partial charge in [0.2, 0.25) is 5.91 Å². The summed E-state index contributed by atoms with van der Waals surface area (Å²) < 4.78 is 0. The lowest BCUT2D eigenvalue weighted by molar-refractivity contribution is -0.134. The summed E-state index contributed by atoms with van der Waals surface area (Å²) in [6.45, 7) is 3.29. The Bertz CT molecular complexity index is 1020. The summed E-state index contributed by atoms with van der Waals surface area (Å²) >= 11 is 6.18. The molecule has 2 heterocycles. The van der Waals surface area contributed by atoms with Crippen LogP contribution in [-0.4, -0.2) is 42.4 Å². The van der Waals surface area contributed by atoms with E-state index < -0.39 is 23.4 Å². The van der Waals surface area contributed by atoms with Crippen LogP contribution < -0.4 is 15.5 Å². The summed E-state index contributed by atoms with van der Waals surface area (Å²) in [5, 5.41) is 6.17. The number of hydrogen-bond acceptors (Lipinski definition) is 4. The number of piperidine rings is 1. The Kier molecular flexibility index (Phi) is 6.37. The number of carbonyl (C=O) groups is 3. The van der Waals surface area contributed by atoms with Crippen LogP contribution in [0.3, 0.4) is 0 Å². The smallest absolute Gasteiger partial charge is 0.325 e. The molecule has 2 N–H and O–H groups in total. The van der Waals surface area contributed by atoms with Crippen LogP contribution in [0.1, 0.15) is 38.2 Å². The van der Waals surface area contributed by atoms with Gasteiger partial charge in [0.15, 0.2) is 0 Å². The van der Waals surface area contributed by atoms with Crippen LogP contribution in [0.15, 0.2) is 48.5 Å². The van der Waals surface area contributed by atoms with Crippen LogP contribution in [0.5, 0.6) is 0 Å². The van der Waals surface area contributed by atoms with Crippen molar-refractivity contribution in [2.24, 2.45) is 0 Å². The number of benzene rings is 2. The largest absolute Gasteiger partial charge is 0.370 e. The summed E-state index contributed by atoms with van der Waals surface area (Å²) in [5.41, 5.74) is 1.02. The molecule has 2 aromatic carbocycles. The molecule has 8 heteroatoms. The molecule has 1 atom stereocenters. The molecule has 32 heavy (non-hydrogen) atoms. The van der Waals surface area contributed by atoms with Crippen LogP contribution in [-0.2, 0) is 15.1 Å². The molecule has 2 aromatic rings. The maximum Gasteiger partial charge on any atom is 0.325 e. The predicted octanol–water partition coefficient (Wildman–Crippen LogP) is 4.13. The van der Waals surface area contributed by atoms with E-state index in [1.54, 1.807) is 12.1 Å². The number of imide groups is 1. The Balaban J connectivity index is 1.52. The van der Waals surface area contributed by atoms with Crippen LogP contribution in [0.4, 0.5) is 16.2 Å². The van der Waals surface area contributed by atoms with E-state index in [1.165, 1.54) is 6.42 Å². The minimum absolute atomic E-state index is 0.370. The van der Waals surface area contributed by atoms with E-state index >= 15 is 0 Å². The Labute approximate surface area is 192 Å². The molecule has 2 aliphatic heterocycles. The zero-order valence-corrected chi connectivity index (χ0v) is 18.8. The van der Waals surface area contributed by atoms with Gasteiger partial charge in [0.25, 0.3) is 5.91 Å². The Hall–Kier alpha value is -3.06. The van der Waals surface area contributed by atoms with E-state index in [0.717, 1.165) is 36.5 Å². The third-order valence-electron chi connectivity index (χ3n) is 6.20. The lowest BCUT2D eigenvalue weighted by Gasteiger charge is -2.30. The van der Waals surface area contributed by atoms with Crippen molar-refractivity contribution in [3.8, 4) is 0 Å². The molecule has 0 spiro atoms. The first-order valence-corrected chi connectivity index (χ1v) is 11.4. The fourth-order valence-electron chi connectivity index (χ4n) is 4.48. The Morgan fingerprint density at radius 3 is 2.50 bits per heavy atom. The first-order valence-electron chi connectivity index (χ1n) is 11.0. The third-order valence-corrected chi connectivity index (χ3v) is 6.44. The summed E-state index contributed by atoms with van der Waals surface area (Å²) in [4.78, 5) is 42.0. The second kappa shape index (κ2) is 9.20. The number of amides is 4. The number of nitrogens with zero attached hydrogens (tertiary/aromatic N) is 2. The van der Waals surface area contributed by atoms with Crippen molar-refractivity contribution in [2.75, 3.05) is 29.9 Å². The molecule has 7 nitrogen and oxygen atoms in total. The summed E-state index contributed by atoms with van der Waals surface area (Å²) in [6.07, 6.45) is 3.76. The predicted molar refractivity (Wildman–Crippen MR) is 125 cm³/mol. The van der Waals surface area contributed by atoms with Gasteiger partial charge < -0.3 is 15.5 Å². The lowest BCUT2D eigenvalue weighted by atomic mass is 9.87. The molecule has 0 aromatic heterocycles. The van der Waals surface area contributed by atoms with Gasteiger partial charge in [0.1, 0.15) is 12.1 Å². The number of urea groups is 1. The normalized spacial score (nSPS) is 20.9. The van der Waals surface area contributed by atoms with Crippen molar-refractivity contribution >= 4 is 40.8 Å². The van der Waals surface area contributed by atoms with Gasteiger partial charge in [-0.1, -0.05) is 48.9 Å². The monoisotopic (exact) mass is 454 g/mol. The molecule has 168 valence electrons. The van der Waals surface area contributed by atoms with Gasteiger partial charge in [-0.05, 0) is 49.4 Å². The molecule has 2 fully saturated rings. The SMILES string of the molecule is CC[C@@]1(c2ccccc2)NC(=O)N(CC(=O)Nc2cc(Cl)ccc2N2CCCCC2)C1=O. The Morgan fingerprint density at radius 2 is 1.81 bits per heavy atom. The van der Waals surface area contributed by atoms with Gasteiger partial charge in [-0.25, -0.2) is 4.79 Å². The van der Waals surface area contributed by atoms with E-state index in [9.17, 15) is 14.4 Å². The number of nitrogens with one attached hydrogen (secondary N) is 2. The standard InChI is InChI=1S/C24H27ClN4O3/c1-2-24(17-9-5-3-6-10-17)22(31)29(23(32)27-24)16-21(30)26-19-15-18(25)11-12-20(19)28-13-7-4-8-14-28/h3,5-6,9-12,15H,2,4,7-8,13-14,16H2,1H3,(H,26,30)(H,27,32)/t24-/m0/s1. The van der Waals surface area contributed by atoms with Gasteiger partial charge in [-0.3, -0.25) is 14.5 Å². The highest BCUT2D eigenvalue weighted by Crippen LogP contribution is 2.33. The maximum absolute atomic E-state index is 13.3. The van der Waals surface area contributed by atoms with E-state index in [-0.39, 0.29) is 6.54 Å². The summed E-state index contributed by atoms with van der Waals surface area (Å²) in [7, 11) is 0. The number of carbonyl (C=O) groups excluding carboxylic acids is 3. The molecular weight excluding hydrogens is 428 g/mol. The Morgan fingerprint density at radius 1 is 1.09 bits per heavy atom. The van der Waals surface area contributed by atoms with Crippen LogP contribution in [0, 0.1) is 0 Å².